The molecule has 1 saturated heterocycles. The Morgan fingerprint density at radius 2 is 2.06 bits per heavy atom. The number of piperidine rings is 1. The Morgan fingerprint density at radius 1 is 1.29 bits per heavy atom. The number of halogens is 3. The van der Waals surface area contributed by atoms with Crippen molar-refractivity contribution in [3.8, 4) is 0 Å². The minimum Gasteiger partial charge on any atom is -0.398 e. The second-order valence-corrected chi connectivity index (χ2v) is 7.70. The number of alkyl halides is 3. The molecule has 0 radical (unpaired) electrons. The highest BCUT2D eigenvalue weighted by Gasteiger charge is 2.33. The number of rotatable bonds is 6. The van der Waals surface area contributed by atoms with Gasteiger partial charge in [0.1, 0.15) is 5.82 Å². The molecule has 0 bridgehead atoms. The fraction of sp³-hybridized carbons (Fsp3) is 0.476. The van der Waals surface area contributed by atoms with Crippen LogP contribution in [-0.2, 0) is 17.4 Å². The van der Waals surface area contributed by atoms with Crippen LogP contribution in [0.3, 0.4) is 0 Å². The number of nitrogen functional groups attached to an aromatic ring is 1. The van der Waals surface area contributed by atoms with Crippen LogP contribution in [0.15, 0.2) is 24.3 Å². The number of carbonyl (C=O) groups excluding carboxylic acids is 1. The molecule has 1 aromatic heterocycles. The molecule has 1 atom stereocenters. The van der Waals surface area contributed by atoms with E-state index in [0.717, 1.165) is 37.6 Å². The predicted octanol–water partition coefficient (Wildman–Crippen LogP) is 3.88. The van der Waals surface area contributed by atoms with Crippen LogP contribution < -0.4 is 21.3 Å². The lowest BCUT2D eigenvalue weighted by Gasteiger charge is -2.34. The fourth-order valence-corrected chi connectivity index (χ4v) is 3.68. The van der Waals surface area contributed by atoms with Gasteiger partial charge in [0.05, 0.1) is 5.56 Å². The van der Waals surface area contributed by atoms with Crippen LogP contribution in [0.4, 0.5) is 36.3 Å². The molecule has 168 valence electrons. The first-order chi connectivity index (χ1) is 14.7. The molecule has 1 amide bonds. The molecule has 7 nitrogen and oxygen atoms in total. The van der Waals surface area contributed by atoms with Crippen molar-refractivity contribution < 1.29 is 18.0 Å². The number of nitrogens with two attached hydrogens (primary N) is 1. The van der Waals surface area contributed by atoms with E-state index < -0.39 is 11.7 Å². The summed E-state index contributed by atoms with van der Waals surface area (Å²) in [5.74, 6) is 0.829. The van der Waals surface area contributed by atoms with Gasteiger partial charge in [-0.15, -0.1) is 0 Å². The molecule has 1 aliphatic rings. The molecule has 10 heteroatoms. The first-order valence-corrected chi connectivity index (χ1v) is 10.3. The maximum atomic E-state index is 13.2. The number of anilines is 4. The smallest absolute Gasteiger partial charge is 0.398 e. The number of hydrogen-bond acceptors (Lipinski definition) is 6. The Balaban J connectivity index is 1.88. The third-order valence-corrected chi connectivity index (χ3v) is 5.04. The average Bonchev–Trinajstić information content (AvgIpc) is 2.68. The molecule has 0 saturated carbocycles. The van der Waals surface area contributed by atoms with Crippen molar-refractivity contribution in [3.63, 3.8) is 0 Å². The molecule has 1 unspecified atom stereocenters. The molecule has 1 aromatic carbocycles. The molecule has 0 aliphatic carbocycles. The summed E-state index contributed by atoms with van der Waals surface area (Å²) in [4.78, 5) is 22.5. The Bertz CT molecular complexity index is 934. The topological polar surface area (TPSA) is 96.2 Å². The van der Waals surface area contributed by atoms with Crippen molar-refractivity contribution in [1.29, 1.82) is 0 Å². The van der Waals surface area contributed by atoms with Gasteiger partial charge in [0.15, 0.2) is 0 Å². The van der Waals surface area contributed by atoms with E-state index >= 15 is 0 Å². The minimum absolute atomic E-state index is 0.0266. The van der Waals surface area contributed by atoms with Crippen molar-refractivity contribution in [2.75, 3.05) is 29.0 Å². The zero-order valence-electron chi connectivity index (χ0n) is 17.6. The highest BCUT2D eigenvalue weighted by atomic mass is 19.4. The summed E-state index contributed by atoms with van der Waals surface area (Å²) in [6, 6.07) is 5.56. The van der Waals surface area contributed by atoms with Gasteiger partial charge in [0, 0.05) is 49.2 Å². The normalized spacial score (nSPS) is 16.8. The van der Waals surface area contributed by atoms with Gasteiger partial charge in [-0.05, 0) is 37.5 Å². The Labute approximate surface area is 179 Å². The van der Waals surface area contributed by atoms with Crippen LogP contribution in [0.5, 0.6) is 0 Å². The van der Waals surface area contributed by atoms with E-state index in [9.17, 15) is 18.0 Å². The van der Waals surface area contributed by atoms with E-state index in [0.29, 0.717) is 18.8 Å². The number of nitrogens with one attached hydrogen (secondary N) is 2. The van der Waals surface area contributed by atoms with Crippen molar-refractivity contribution >= 4 is 29.0 Å². The van der Waals surface area contributed by atoms with E-state index in [2.05, 4.69) is 25.5 Å². The van der Waals surface area contributed by atoms with Gasteiger partial charge >= 0.3 is 6.18 Å². The van der Waals surface area contributed by atoms with Crippen LogP contribution in [0.2, 0.25) is 0 Å². The van der Waals surface area contributed by atoms with E-state index in [1.54, 1.807) is 0 Å². The van der Waals surface area contributed by atoms with Gasteiger partial charge in [-0.2, -0.15) is 18.2 Å². The van der Waals surface area contributed by atoms with Crippen LogP contribution in [-0.4, -0.2) is 35.0 Å². The van der Waals surface area contributed by atoms with Gasteiger partial charge in [0.25, 0.3) is 0 Å². The lowest BCUT2D eigenvalue weighted by atomic mass is 10.1. The molecule has 1 aliphatic heterocycles. The first kappa shape index (κ1) is 22.6. The van der Waals surface area contributed by atoms with E-state index in [4.69, 9.17) is 5.73 Å². The SMILES string of the molecule is CCCc1cc(N2CCCC(NC(C)=O)C2)nc(Nc2ccc(N)c(C(F)(F)F)c2)n1. The molecule has 2 heterocycles. The molecule has 1 fully saturated rings. The maximum Gasteiger partial charge on any atom is 0.418 e. The number of aryl methyl sites for hydroxylation is 1. The second kappa shape index (κ2) is 9.40. The molecule has 0 spiro atoms. The van der Waals surface area contributed by atoms with Gasteiger partial charge in [-0.25, -0.2) is 4.98 Å². The van der Waals surface area contributed by atoms with Gasteiger partial charge in [-0.3, -0.25) is 4.79 Å². The molecular weight excluding hydrogens is 409 g/mol. The van der Waals surface area contributed by atoms with Gasteiger partial charge in [0.2, 0.25) is 11.9 Å². The Kier molecular flexibility index (Phi) is 6.87. The third kappa shape index (κ3) is 5.99. The van der Waals surface area contributed by atoms with Crippen molar-refractivity contribution in [1.82, 2.24) is 15.3 Å². The fourth-order valence-electron chi connectivity index (χ4n) is 3.68. The summed E-state index contributed by atoms with van der Waals surface area (Å²) >= 11 is 0. The Hall–Kier alpha value is -3.04. The number of nitrogens with zero attached hydrogens (tertiary/aromatic N) is 3. The number of amides is 1. The zero-order chi connectivity index (χ0) is 22.6. The lowest BCUT2D eigenvalue weighted by Crippen LogP contribution is -2.47. The van der Waals surface area contributed by atoms with Gasteiger partial charge < -0.3 is 21.3 Å². The van der Waals surface area contributed by atoms with Crippen molar-refractivity contribution in [2.24, 2.45) is 0 Å². The summed E-state index contributed by atoms with van der Waals surface area (Å²) in [5.41, 5.74) is 5.24. The summed E-state index contributed by atoms with van der Waals surface area (Å²) in [6.45, 7) is 4.91. The summed E-state index contributed by atoms with van der Waals surface area (Å²) in [5, 5.41) is 5.83. The zero-order valence-corrected chi connectivity index (χ0v) is 17.6. The number of benzene rings is 1. The molecule has 3 rings (SSSR count). The molecule has 4 N–H and O–H groups in total. The van der Waals surface area contributed by atoms with Crippen molar-refractivity contribution in [2.45, 2.75) is 51.7 Å². The molecule has 2 aromatic rings. The Morgan fingerprint density at radius 3 is 2.74 bits per heavy atom. The van der Waals surface area contributed by atoms with Crippen LogP contribution in [0.25, 0.3) is 0 Å². The number of hydrogen-bond donors (Lipinski definition) is 3. The van der Waals surface area contributed by atoms with Gasteiger partial charge in [-0.1, -0.05) is 13.3 Å². The van der Waals surface area contributed by atoms with Crippen LogP contribution in [0.1, 0.15) is 44.4 Å². The second-order valence-electron chi connectivity index (χ2n) is 7.70. The summed E-state index contributed by atoms with van der Waals surface area (Å²) < 4.78 is 39.6. The minimum atomic E-state index is -4.55. The summed E-state index contributed by atoms with van der Waals surface area (Å²) in [7, 11) is 0. The van der Waals surface area contributed by atoms with E-state index in [-0.39, 0.29) is 29.3 Å². The number of aromatic nitrogens is 2. The third-order valence-electron chi connectivity index (χ3n) is 5.04. The quantitative estimate of drug-likeness (QED) is 0.595. The molecule has 31 heavy (non-hydrogen) atoms. The highest BCUT2D eigenvalue weighted by Crippen LogP contribution is 2.35. The average molecular weight is 436 g/mol. The first-order valence-electron chi connectivity index (χ1n) is 10.3. The van der Waals surface area contributed by atoms with Crippen molar-refractivity contribution in [3.05, 3.63) is 35.5 Å². The van der Waals surface area contributed by atoms with E-state index in [1.165, 1.54) is 19.1 Å². The monoisotopic (exact) mass is 436 g/mol. The van der Waals surface area contributed by atoms with Crippen LogP contribution in [0, 0.1) is 0 Å². The molecular formula is C21H27F3N6O. The maximum absolute atomic E-state index is 13.2. The predicted molar refractivity (Wildman–Crippen MR) is 114 cm³/mol. The van der Waals surface area contributed by atoms with E-state index in [1.807, 2.05) is 13.0 Å². The summed E-state index contributed by atoms with van der Waals surface area (Å²) in [6.07, 6.45) is -1.19. The largest absolute Gasteiger partial charge is 0.418 e. The number of carbonyl (C=O) groups is 1. The lowest BCUT2D eigenvalue weighted by molar-refractivity contribution is -0.136. The highest BCUT2D eigenvalue weighted by molar-refractivity contribution is 5.73. The van der Waals surface area contributed by atoms with Crippen LogP contribution >= 0.6 is 0 Å². The standard InChI is InChI=1S/C21H27F3N6O/c1-3-5-14-11-19(30-9-4-6-16(12-30)26-13(2)31)29-20(27-14)28-15-7-8-18(25)17(10-15)21(22,23)24/h7-8,10-11,16H,3-6,9,12,25H2,1-2H3,(H,26,31)(H,27,28,29).